The van der Waals surface area contributed by atoms with E-state index in [9.17, 15) is 4.79 Å². The summed E-state index contributed by atoms with van der Waals surface area (Å²) in [6.07, 6.45) is 1.03. The van der Waals surface area contributed by atoms with E-state index in [0.29, 0.717) is 0 Å². The Hall–Kier alpha value is -1.39. The Morgan fingerprint density at radius 2 is 2.00 bits per heavy atom. The number of carbonyl (C=O) groups is 1. The van der Waals surface area contributed by atoms with Gasteiger partial charge in [-0.2, -0.15) is 0 Å². The first-order valence-corrected chi connectivity index (χ1v) is 7.70. The second-order valence-electron chi connectivity index (χ2n) is 5.73. The van der Waals surface area contributed by atoms with Crippen molar-refractivity contribution in [2.45, 2.75) is 20.3 Å². The highest BCUT2D eigenvalue weighted by molar-refractivity contribution is 5.96. The van der Waals surface area contributed by atoms with Crippen molar-refractivity contribution in [2.24, 2.45) is 0 Å². The van der Waals surface area contributed by atoms with Gasteiger partial charge in [0, 0.05) is 38.9 Å². The fraction of sp³-hybridized carbons (Fsp3) is 0.588. The number of hydrogen-bond acceptors (Lipinski definition) is 3. The minimum Gasteiger partial charge on any atom is -0.383 e. The van der Waals surface area contributed by atoms with Gasteiger partial charge in [-0.25, -0.2) is 0 Å². The first-order chi connectivity index (χ1) is 10.1. The Bertz CT molecular complexity index is 488. The Morgan fingerprint density at radius 3 is 2.76 bits per heavy atom. The smallest absolute Gasteiger partial charge is 0.254 e. The van der Waals surface area contributed by atoms with Gasteiger partial charge < -0.3 is 9.64 Å². The summed E-state index contributed by atoms with van der Waals surface area (Å²) in [5.74, 6) is 0.171. The second-order valence-corrected chi connectivity index (χ2v) is 5.73. The molecule has 1 aliphatic heterocycles. The van der Waals surface area contributed by atoms with Crippen molar-refractivity contribution in [3.8, 4) is 0 Å². The van der Waals surface area contributed by atoms with E-state index in [1.54, 1.807) is 7.11 Å². The normalized spacial score (nSPS) is 16.8. The number of methoxy groups -OCH3 is 1. The largest absolute Gasteiger partial charge is 0.383 e. The van der Waals surface area contributed by atoms with E-state index in [-0.39, 0.29) is 5.91 Å². The third-order valence-electron chi connectivity index (χ3n) is 4.32. The van der Waals surface area contributed by atoms with Gasteiger partial charge in [-0.05, 0) is 44.0 Å². The second kappa shape index (κ2) is 7.57. The number of carbonyl (C=O) groups excluding carboxylic acids is 1. The molecule has 2 rings (SSSR count). The number of nitrogens with zero attached hydrogens (tertiary/aromatic N) is 2. The van der Waals surface area contributed by atoms with Crippen molar-refractivity contribution in [1.29, 1.82) is 0 Å². The van der Waals surface area contributed by atoms with E-state index in [1.165, 1.54) is 5.56 Å². The standard InChI is InChI=1S/C17H26N2O2/c1-14-6-4-7-16(15(14)2)17(20)19-9-5-8-18(10-11-19)12-13-21-3/h4,6-7H,5,8-13H2,1-3H3. The SMILES string of the molecule is COCCN1CCCN(C(=O)c2cccc(C)c2C)CC1. The summed E-state index contributed by atoms with van der Waals surface area (Å²) in [6, 6.07) is 5.97. The maximum atomic E-state index is 12.7. The first kappa shape index (κ1) is 16.0. The van der Waals surface area contributed by atoms with Gasteiger partial charge in [0.15, 0.2) is 0 Å². The fourth-order valence-corrected chi connectivity index (χ4v) is 2.77. The van der Waals surface area contributed by atoms with E-state index in [0.717, 1.165) is 56.9 Å². The molecule has 1 saturated heterocycles. The molecule has 0 atom stereocenters. The maximum Gasteiger partial charge on any atom is 0.254 e. The quantitative estimate of drug-likeness (QED) is 0.851. The molecule has 1 amide bonds. The highest BCUT2D eigenvalue weighted by Crippen LogP contribution is 2.16. The molecule has 0 saturated carbocycles. The molecule has 0 bridgehead atoms. The molecule has 116 valence electrons. The van der Waals surface area contributed by atoms with Crippen LogP contribution in [0.15, 0.2) is 18.2 Å². The summed E-state index contributed by atoms with van der Waals surface area (Å²) in [4.78, 5) is 17.1. The highest BCUT2D eigenvalue weighted by Gasteiger charge is 2.21. The summed E-state index contributed by atoms with van der Waals surface area (Å²) in [5, 5.41) is 0. The van der Waals surface area contributed by atoms with Crippen LogP contribution >= 0.6 is 0 Å². The molecule has 0 aliphatic carbocycles. The summed E-state index contributed by atoms with van der Waals surface area (Å²) >= 11 is 0. The van der Waals surface area contributed by atoms with Gasteiger partial charge in [0.05, 0.1) is 6.61 Å². The third-order valence-corrected chi connectivity index (χ3v) is 4.32. The van der Waals surface area contributed by atoms with E-state index in [2.05, 4.69) is 17.9 Å². The molecule has 1 aromatic carbocycles. The molecule has 4 nitrogen and oxygen atoms in total. The van der Waals surface area contributed by atoms with E-state index >= 15 is 0 Å². The third kappa shape index (κ3) is 4.05. The summed E-state index contributed by atoms with van der Waals surface area (Å²) < 4.78 is 5.14. The lowest BCUT2D eigenvalue weighted by atomic mass is 10.0. The van der Waals surface area contributed by atoms with Gasteiger partial charge in [-0.1, -0.05) is 12.1 Å². The van der Waals surface area contributed by atoms with Crippen molar-refractivity contribution in [2.75, 3.05) is 46.4 Å². The summed E-state index contributed by atoms with van der Waals surface area (Å²) in [6.45, 7) is 9.41. The molecule has 1 fully saturated rings. The molecule has 0 radical (unpaired) electrons. The Kier molecular flexibility index (Phi) is 5.76. The van der Waals surface area contributed by atoms with Gasteiger partial charge in [-0.3, -0.25) is 9.69 Å². The van der Waals surface area contributed by atoms with Crippen LogP contribution in [-0.2, 0) is 4.74 Å². The van der Waals surface area contributed by atoms with Gasteiger partial charge in [0.25, 0.3) is 5.91 Å². The topological polar surface area (TPSA) is 32.8 Å². The molecule has 1 heterocycles. The van der Waals surface area contributed by atoms with Crippen molar-refractivity contribution < 1.29 is 9.53 Å². The van der Waals surface area contributed by atoms with E-state index < -0.39 is 0 Å². The zero-order valence-electron chi connectivity index (χ0n) is 13.4. The molecule has 21 heavy (non-hydrogen) atoms. The van der Waals surface area contributed by atoms with Crippen LogP contribution in [-0.4, -0.2) is 62.1 Å². The summed E-state index contributed by atoms with van der Waals surface area (Å²) in [7, 11) is 1.73. The van der Waals surface area contributed by atoms with E-state index in [4.69, 9.17) is 4.74 Å². The maximum absolute atomic E-state index is 12.7. The average Bonchev–Trinajstić information content (AvgIpc) is 2.73. The first-order valence-electron chi connectivity index (χ1n) is 7.70. The molecular weight excluding hydrogens is 264 g/mol. The predicted octanol–water partition coefficient (Wildman–Crippen LogP) is 2.10. The van der Waals surface area contributed by atoms with Gasteiger partial charge in [0.1, 0.15) is 0 Å². The van der Waals surface area contributed by atoms with Gasteiger partial charge in [-0.15, -0.1) is 0 Å². The van der Waals surface area contributed by atoms with Gasteiger partial charge in [0.2, 0.25) is 0 Å². The lowest BCUT2D eigenvalue weighted by molar-refractivity contribution is 0.0758. The lowest BCUT2D eigenvalue weighted by Crippen LogP contribution is -2.36. The van der Waals surface area contributed by atoms with E-state index in [1.807, 2.05) is 24.0 Å². The predicted molar refractivity (Wildman–Crippen MR) is 84.8 cm³/mol. The van der Waals surface area contributed by atoms with Crippen molar-refractivity contribution in [3.63, 3.8) is 0 Å². The van der Waals surface area contributed by atoms with Crippen LogP contribution in [0.1, 0.15) is 27.9 Å². The Balaban J connectivity index is 2.01. The number of hydrogen-bond donors (Lipinski definition) is 0. The van der Waals surface area contributed by atoms with Crippen molar-refractivity contribution >= 4 is 5.91 Å². The summed E-state index contributed by atoms with van der Waals surface area (Å²) in [5.41, 5.74) is 3.13. The van der Waals surface area contributed by atoms with Crippen LogP contribution in [0.25, 0.3) is 0 Å². The number of ether oxygens (including phenoxy) is 1. The number of aryl methyl sites for hydroxylation is 1. The minimum absolute atomic E-state index is 0.171. The van der Waals surface area contributed by atoms with Crippen LogP contribution < -0.4 is 0 Å². The fourth-order valence-electron chi connectivity index (χ4n) is 2.77. The zero-order valence-corrected chi connectivity index (χ0v) is 13.4. The molecule has 0 spiro atoms. The molecule has 0 aromatic heterocycles. The van der Waals surface area contributed by atoms with Crippen LogP contribution in [0.3, 0.4) is 0 Å². The molecular formula is C17H26N2O2. The number of amides is 1. The molecule has 0 unspecified atom stereocenters. The highest BCUT2D eigenvalue weighted by atomic mass is 16.5. The van der Waals surface area contributed by atoms with Gasteiger partial charge >= 0.3 is 0 Å². The molecule has 1 aliphatic rings. The minimum atomic E-state index is 0.171. The average molecular weight is 290 g/mol. The molecule has 1 aromatic rings. The van der Waals surface area contributed by atoms with Crippen LogP contribution in [0.5, 0.6) is 0 Å². The van der Waals surface area contributed by atoms with Crippen LogP contribution in [0.2, 0.25) is 0 Å². The number of rotatable bonds is 4. The van der Waals surface area contributed by atoms with Crippen LogP contribution in [0, 0.1) is 13.8 Å². The molecule has 4 heteroatoms. The van der Waals surface area contributed by atoms with Crippen LogP contribution in [0.4, 0.5) is 0 Å². The lowest BCUT2D eigenvalue weighted by Gasteiger charge is -2.23. The van der Waals surface area contributed by atoms with Crippen molar-refractivity contribution in [1.82, 2.24) is 9.80 Å². The zero-order chi connectivity index (χ0) is 15.2. The van der Waals surface area contributed by atoms with Crippen molar-refractivity contribution in [3.05, 3.63) is 34.9 Å². The number of benzene rings is 1. The Labute approximate surface area is 127 Å². The Morgan fingerprint density at radius 1 is 1.19 bits per heavy atom. The molecule has 0 N–H and O–H groups in total. The monoisotopic (exact) mass is 290 g/mol.